The highest BCUT2D eigenvalue weighted by Crippen LogP contribution is 2.21. The number of hydrogen-bond donors (Lipinski definition) is 1. The lowest BCUT2D eigenvalue weighted by atomic mass is 10.2. The molecule has 1 unspecified atom stereocenters. The zero-order valence-corrected chi connectivity index (χ0v) is 12.9. The summed E-state index contributed by atoms with van der Waals surface area (Å²) in [6.45, 7) is 2.00. The molecule has 0 spiro atoms. The fourth-order valence-corrected chi connectivity index (χ4v) is 2.87. The SMILES string of the molecule is O=C(O)C1CCCN1Cc1ccc(OCc2cccnc2)cc1. The Bertz CT molecular complexity index is 643. The van der Waals surface area contributed by atoms with E-state index >= 15 is 0 Å². The van der Waals surface area contributed by atoms with Crippen molar-refractivity contribution in [1.82, 2.24) is 9.88 Å². The number of carboxylic acid groups (broad SMARTS) is 1. The van der Waals surface area contributed by atoms with E-state index in [0.717, 1.165) is 36.3 Å². The predicted octanol–water partition coefficient (Wildman–Crippen LogP) is 2.71. The molecular formula is C18H20N2O3. The molecule has 0 bridgehead atoms. The minimum Gasteiger partial charge on any atom is -0.489 e. The summed E-state index contributed by atoms with van der Waals surface area (Å²) < 4.78 is 5.73. The largest absolute Gasteiger partial charge is 0.489 e. The number of aromatic nitrogens is 1. The third kappa shape index (κ3) is 4.07. The number of rotatable bonds is 6. The molecule has 1 aliphatic heterocycles. The van der Waals surface area contributed by atoms with Crippen LogP contribution in [0.5, 0.6) is 5.75 Å². The van der Waals surface area contributed by atoms with Gasteiger partial charge in [-0.15, -0.1) is 0 Å². The Kier molecular flexibility index (Phi) is 4.88. The first-order valence-electron chi connectivity index (χ1n) is 7.80. The van der Waals surface area contributed by atoms with E-state index in [9.17, 15) is 9.90 Å². The van der Waals surface area contributed by atoms with Crippen LogP contribution in [0.1, 0.15) is 24.0 Å². The highest BCUT2D eigenvalue weighted by atomic mass is 16.5. The molecule has 1 atom stereocenters. The minimum absolute atomic E-state index is 0.350. The van der Waals surface area contributed by atoms with Crippen LogP contribution in [-0.2, 0) is 17.9 Å². The molecule has 3 rings (SSSR count). The Morgan fingerprint density at radius 2 is 2.09 bits per heavy atom. The van der Waals surface area contributed by atoms with Crippen LogP contribution >= 0.6 is 0 Å². The van der Waals surface area contributed by atoms with Gasteiger partial charge in [0.05, 0.1) is 0 Å². The molecule has 2 heterocycles. The van der Waals surface area contributed by atoms with Gasteiger partial charge in [-0.2, -0.15) is 0 Å². The summed E-state index contributed by atoms with van der Waals surface area (Å²) >= 11 is 0. The van der Waals surface area contributed by atoms with Crippen molar-refractivity contribution in [2.45, 2.75) is 32.0 Å². The Balaban J connectivity index is 1.56. The van der Waals surface area contributed by atoms with Crippen LogP contribution in [0, 0.1) is 0 Å². The first-order valence-corrected chi connectivity index (χ1v) is 7.80. The van der Waals surface area contributed by atoms with Crippen LogP contribution in [0.15, 0.2) is 48.8 Å². The second-order valence-corrected chi connectivity index (χ2v) is 5.76. The Labute approximate surface area is 135 Å². The molecule has 23 heavy (non-hydrogen) atoms. The molecule has 1 aliphatic rings. The molecular weight excluding hydrogens is 292 g/mol. The van der Waals surface area contributed by atoms with Gasteiger partial charge in [0.25, 0.3) is 0 Å². The number of carbonyl (C=O) groups is 1. The number of pyridine rings is 1. The van der Waals surface area contributed by atoms with E-state index in [0.29, 0.717) is 13.2 Å². The number of hydrogen-bond acceptors (Lipinski definition) is 4. The fourth-order valence-electron chi connectivity index (χ4n) is 2.87. The zero-order valence-electron chi connectivity index (χ0n) is 12.9. The van der Waals surface area contributed by atoms with Crippen molar-refractivity contribution < 1.29 is 14.6 Å². The van der Waals surface area contributed by atoms with Gasteiger partial charge in [-0.05, 0) is 43.1 Å². The van der Waals surface area contributed by atoms with Crippen LogP contribution in [0.4, 0.5) is 0 Å². The molecule has 5 heteroatoms. The van der Waals surface area contributed by atoms with Gasteiger partial charge in [-0.25, -0.2) is 0 Å². The number of nitrogens with zero attached hydrogens (tertiary/aromatic N) is 2. The van der Waals surface area contributed by atoms with Crippen molar-refractivity contribution in [3.63, 3.8) is 0 Å². The summed E-state index contributed by atoms with van der Waals surface area (Å²) in [5.41, 5.74) is 2.13. The maximum Gasteiger partial charge on any atom is 0.320 e. The van der Waals surface area contributed by atoms with E-state index in [1.54, 1.807) is 12.4 Å². The van der Waals surface area contributed by atoms with Crippen LogP contribution in [0.3, 0.4) is 0 Å². The summed E-state index contributed by atoms with van der Waals surface area (Å²) in [5, 5.41) is 9.22. The maximum atomic E-state index is 11.2. The summed E-state index contributed by atoms with van der Waals surface area (Å²) in [4.78, 5) is 17.3. The van der Waals surface area contributed by atoms with Crippen LogP contribution < -0.4 is 4.74 Å². The van der Waals surface area contributed by atoms with Crippen molar-refractivity contribution in [2.75, 3.05) is 6.54 Å². The normalized spacial score (nSPS) is 18.0. The molecule has 1 saturated heterocycles. The maximum absolute atomic E-state index is 11.2. The van der Waals surface area contributed by atoms with Crippen molar-refractivity contribution in [3.05, 3.63) is 59.9 Å². The molecule has 0 radical (unpaired) electrons. The van der Waals surface area contributed by atoms with Gasteiger partial charge in [0.15, 0.2) is 0 Å². The fraction of sp³-hybridized carbons (Fsp3) is 0.333. The van der Waals surface area contributed by atoms with Gasteiger partial charge in [0.2, 0.25) is 0 Å². The number of carboxylic acids is 1. The number of ether oxygens (including phenoxy) is 1. The monoisotopic (exact) mass is 312 g/mol. The lowest BCUT2D eigenvalue weighted by molar-refractivity contribution is -0.142. The lowest BCUT2D eigenvalue weighted by Crippen LogP contribution is -2.35. The molecule has 120 valence electrons. The molecule has 2 aromatic rings. The van der Waals surface area contributed by atoms with Crippen molar-refractivity contribution in [2.24, 2.45) is 0 Å². The van der Waals surface area contributed by atoms with Crippen molar-refractivity contribution >= 4 is 5.97 Å². The highest BCUT2D eigenvalue weighted by Gasteiger charge is 2.30. The van der Waals surface area contributed by atoms with Crippen LogP contribution in [-0.4, -0.2) is 33.5 Å². The molecule has 0 saturated carbocycles. The summed E-state index contributed by atoms with van der Waals surface area (Å²) in [7, 11) is 0. The van der Waals surface area contributed by atoms with Crippen molar-refractivity contribution in [1.29, 1.82) is 0 Å². The van der Waals surface area contributed by atoms with Crippen molar-refractivity contribution in [3.8, 4) is 5.75 Å². The Morgan fingerprint density at radius 1 is 1.26 bits per heavy atom. The van der Waals surface area contributed by atoms with Gasteiger partial charge >= 0.3 is 5.97 Å². The lowest BCUT2D eigenvalue weighted by Gasteiger charge is -2.21. The molecule has 1 aromatic heterocycles. The third-order valence-corrected chi connectivity index (χ3v) is 4.09. The standard InChI is InChI=1S/C18H20N2O3/c21-18(22)17-4-2-10-20(17)12-14-5-7-16(8-6-14)23-13-15-3-1-9-19-11-15/h1,3,5-9,11,17H,2,4,10,12-13H2,(H,21,22). The smallest absolute Gasteiger partial charge is 0.320 e. The first kappa shape index (κ1) is 15.5. The first-order chi connectivity index (χ1) is 11.2. The van der Waals surface area contributed by atoms with E-state index in [1.807, 2.05) is 41.3 Å². The minimum atomic E-state index is -0.723. The average molecular weight is 312 g/mol. The summed E-state index contributed by atoms with van der Waals surface area (Å²) in [6.07, 6.45) is 5.21. The highest BCUT2D eigenvalue weighted by molar-refractivity contribution is 5.73. The third-order valence-electron chi connectivity index (χ3n) is 4.09. The number of likely N-dealkylation sites (tertiary alicyclic amines) is 1. The van der Waals surface area contributed by atoms with Crippen LogP contribution in [0.2, 0.25) is 0 Å². The van der Waals surface area contributed by atoms with E-state index in [4.69, 9.17) is 4.74 Å². The zero-order chi connectivity index (χ0) is 16.1. The van der Waals surface area contributed by atoms with E-state index in [-0.39, 0.29) is 6.04 Å². The Hall–Kier alpha value is -2.40. The quantitative estimate of drug-likeness (QED) is 0.888. The molecule has 1 aromatic carbocycles. The van der Waals surface area contributed by atoms with E-state index in [2.05, 4.69) is 4.98 Å². The van der Waals surface area contributed by atoms with Gasteiger partial charge in [-0.3, -0.25) is 14.7 Å². The van der Waals surface area contributed by atoms with Crippen LogP contribution in [0.25, 0.3) is 0 Å². The predicted molar refractivity (Wildman–Crippen MR) is 86.1 cm³/mol. The molecule has 0 aliphatic carbocycles. The Morgan fingerprint density at radius 3 is 2.78 bits per heavy atom. The number of aliphatic carboxylic acids is 1. The van der Waals surface area contributed by atoms with E-state index in [1.165, 1.54) is 0 Å². The summed E-state index contributed by atoms with van der Waals surface area (Å²) in [5.74, 6) is 0.0766. The van der Waals surface area contributed by atoms with Gasteiger partial charge in [-0.1, -0.05) is 18.2 Å². The van der Waals surface area contributed by atoms with E-state index < -0.39 is 5.97 Å². The average Bonchev–Trinajstić information content (AvgIpc) is 3.04. The van der Waals surface area contributed by atoms with Gasteiger partial charge < -0.3 is 9.84 Å². The molecule has 1 N–H and O–H groups in total. The molecule has 5 nitrogen and oxygen atoms in total. The second kappa shape index (κ2) is 7.24. The topological polar surface area (TPSA) is 62.7 Å². The number of benzene rings is 1. The summed E-state index contributed by atoms with van der Waals surface area (Å²) in [6, 6.07) is 11.4. The molecule has 1 fully saturated rings. The van der Waals surface area contributed by atoms with Gasteiger partial charge in [0.1, 0.15) is 18.4 Å². The second-order valence-electron chi connectivity index (χ2n) is 5.76. The molecule has 0 amide bonds. The van der Waals surface area contributed by atoms with Gasteiger partial charge in [0, 0.05) is 24.5 Å².